The van der Waals surface area contributed by atoms with Crippen molar-refractivity contribution in [2.45, 2.75) is 59.5 Å². The molecule has 2 amide bonds. The Bertz CT molecular complexity index is 687. The molecule has 0 aliphatic heterocycles. The van der Waals surface area contributed by atoms with E-state index in [2.05, 4.69) is 4.98 Å². The fraction of sp³-hybridized carbons (Fsp3) is 0.600. The Morgan fingerprint density at radius 1 is 1.17 bits per heavy atom. The lowest BCUT2D eigenvalue weighted by Gasteiger charge is -2.17. The molecule has 162 valence electrons. The molecule has 0 spiro atoms. The van der Waals surface area contributed by atoms with Gasteiger partial charge in [0, 0.05) is 12.3 Å². The first-order valence-corrected chi connectivity index (χ1v) is 9.86. The molecule has 0 radical (unpaired) electrons. The van der Waals surface area contributed by atoms with E-state index in [9.17, 15) is 14.4 Å². The van der Waals surface area contributed by atoms with E-state index < -0.39 is 18.0 Å². The fourth-order valence-electron chi connectivity index (χ4n) is 2.38. The van der Waals surface area contributed by atoms with Crippen LogP contribution in [0.5, 0.6) is 11.6 Å². The Morgan fingerprint density at radius 3 is 2.38 bits per heavy atom. The fourth-order valence-corrected chi connectivity index (χ4v) is 2.38. The van der Waals surface area contributed by atoms with E-state index in [0.29, 0.717) is 6.61 Å². The summed E-state index contributed by atoms with van der Waals surface area (Å²) in [5, 5.41) is 1.95. The number of nitrogens with one attached hydrogen (secondary N) is 1. The number of nitrogens with two attached hydrogens (primary N) is 1. The van der Waals surface area contributed by atoms with Crippen molar-refractivity contribution in [2.24, 2.45) is 11.7 Å². The number of amides is 2. The lowest BCUT2D eigenvalue weighted by atomic mass is 10.1. The van der Waals surface area contributed by atoms with Crippen LogP contribution in [0.2, 0.25) is 0 Å². The van der Waals surface area contributed by atoms with Crippen LogP contribution in [0.1, 0.15) is 63.7 Å². The molecule has 0 aromatic carbocycles. The summed E-state index contributed by atoms with van der Waals surface area (Å²) in [6, 6.07) is 1.42. The molecule has 0 fully saturated rings. The van der Waals surface area contributed by atoms with Crippen molar-refractivity contribution >= 4 is 18.0 Å². The van der Waals surface area contributed by atoms with Gasteiger partial charge in [-0.15, -0.1) is 0 Å². The average Bonchev–Trinajstić information content (AvgIpc) is 2.67. The third-order valence-electron chi connectivity index (χ3n) is 3.74. The predicted octanol–water partition coefficient (Wildman–Crippen LogP) is 2.82. The summed E-state index contributed by atoms with van der Waals surface area (Å²) >= 11 is 0. The molecule has 1 aromatic rings. The molecule has 1 heterocycles. The van der Waals surface area contributed by atoms with Gasteiger partial charge in [0.05, 0.1) is 18.7 Å². The molecule has 9 heteroatoms. The van der Waals surface area contributed by atoms with Gasteiger partial charge in [-0.3, -0.25) is 10.1 Å². The van der Waals surface area contributed by atoms with Gasteiger partial charge in [-0.1, -0.05) is 40.5 Å². The number of carbonyl (C=O) groups is 3. The molecule has 1 rings (SSSR count). The Hall–Kier alpha value is -2.68. The van der Waals surface area contributed by atoms with Crippen molar-refractivity contribution in [3.8, 4) is 11.6 Å². The molecule has 0 aliphatic rings. The van der Waals surface area contributed by atoms with Crippen molar-refractivity contribution in [2.75, 3.05) is 13.2 Å². The predicted molar refractivity (Wildman–Crippen MR) is 107 cm³/mol. The zero-order chi connectivity index (χ0) is 21.8. The van der Waals surface area contributed by atoms with E-state index in [0.717, 1.165) is 25.7 Å². The molecule has 3 N–H and O–H groups in total. The van der Waals surface area contributed by atoms with Gasteiger partial charge in [0.2, 0.25) is 5.91 Å². The van der Waals surface area contributed by atoms with E-state index >= 15 is 0 Å². The summed E-state index contributed by atoms with van der Waals surface area (Å²) in [4.78, 5) is 39.5. The van der Waals surface area contributed by atoms with E-state index in [1.54, 1.807) is 0 Å². The van der Waals surface area contributed by atoms with Crippen molar-refractivity contribution in [1.29, 1.82) is 0 Å². The number of imide groups is 1. The maximum Gasteiger partial charge on any atom is 0.420 e. The SMILES string of the molecule is CCCC(CCC)OC(=O)c1cnc(OC(=O)NC(=O)CN)c(OCC(C)C)c1. The Labute approximate surface area is 171 Å². The first-order valence-electron chi connectivity index (χ1n) is 9.86. The molecule has 0 saturated heterocycles. The van der Waals surface area contributed by atoms with Gasteiger partial charge < -0.3 is 19.9 Å². The standard InChI is InChI=1S/C20H31N3O6/c1-5-7-15(8-6-2)28-19(25)14-9-16(27-12-13(3)4)18(22-11-14)29-20(26)23-17(24)10-21/h9,11,13,15H,5-8,10,12,21H2,1-4H3,(H,23,24,26). The van der Waals surface area contributed by atoms with Crippen LogP contribution in [0.15, 0.2) is 12.3 Å². The van der Waals surface area contributed by atoms with Gasteiger partial charge in [0.1, 0.15) is 6.10 Å². The highest BCUT2D eigenvalue weighted by atomic mass is 16.6. The second-order valence-electron chi connectivity index (χ2n) is 6.98. The lowest BCUT2D eigenvalue weighted by Crippen LogP contribution is -2.37. The number of esters is 1. The number of pyridine rings is 1. The summed E-state index contributed by atoms with van der Waals surface area (Å²) in [5.41, 5.74) is 5.34. The largest absolute Gasteiger partial charge is 0.488 e. The van der Waals surface area contributed by atoms with Crippen molar-refractivity contribution in [3.05, 3.63) is 17.8 Å². The quantitative estimate of drug-likeness (QED) is 0.534. The number of nitrogens with zero attached hydrogens (tertiary/aromatic N) is 1. The zero-order valence-electron chi connectivity index (χ0n) is 17.5. The summed E-state index contributed by atoms with van der Waals surface area (Å²) in [6.07, 6.45) is 3.41. The number of ether oxygens (including phenoxy) is 3. The van der Waals surface area contributed by atoms with Gasteiger partial charge in [-0.2, -0.15) is 0 Å². The number of carbonyl (C=O) groups excluding carboxylic acids is 3. The smallest absolute Gasteiger partial charge is 0.420 e. The molecule has 1 aromatic heterocycles. The first-order chi connectivity index (χ1) is 13.8. The van der Waals surface area contributed by atoms with Crippen LogP contribution in [0.3, 0.4) is 0 Å². The molecule has 0 aliphatic carbocycles. The van der Waals surface area contributed by atoms with E-state index in [1.807, 2.05) is 33.0 Å². The summed E-state index contributed by atoms with van der Waals surface area (Å²) < 4.78 is 16.2. The normalized spacial score (nSPS) is 10.7. The number of hydrogen-bond donors (Lipinski definition) is 2. The average molecular weight is 409 g/mol. The van der Waals surface area contributed by atoms with Crippen LogP contribution in [0.4, 0.5) is 4.79 Å². The van der Waals surface area contributed by atoms with Gasteiger partial charge in [-0.05, 0) is 18.8 Å². The van der Waals surface area contributed by atoms with Gasteiger partial charge in [0.25, 0.3) is 5.88 Å². The molecule has 0 bridgehead atoms. The Morgan fingerprint density at radius 2 is 1.83 bits per heavy atom. The minimum absolute atomic E-state index is 0.103. The zero-order valence-corrected chi connectivity index (χ0v) is 17.5. The maximum atomic E-state index is 12.5. The lowest BCUT2D eigenvalue weighted by molar-refractivity contribution is -0.118. The van der Waals surface area contributed by atoms with Crippen molar-refractivity contribution in [3.63, 3.8) is 0 Å². The van der Waals surface area contributed by atoms with Crippen LogP contribution in [0, 0.1) is 5.92 Å². The number of rotatable bonds is 11. The van der Waals surface area contributed by atoms with Crippen LogP contribution < -0.4 is 20.5 Å². The Kier molecular flexibility index (Phi) is 10.7. The van der Waals surface area contributed by atoms with E-state index in [1.165, 1.54) is 12.3 Å². The second kappa shape index (κ2) is 12.7. The van der Waals surface area contributed by atoms with Gasteiger partial charge in [0.15, 0.2) is 5.75 Å². The van der Waals surface area contributed by atoms with Crippen LogP contribution in [-0.2, 0) is 9.53 Å². The third kappa shape index (κ3) is 8.91. The van der Waals surface area contributed by atoms with Crippen LogP contribution >= 0.6 is 0 Å². The number of hydrogen-bond acceptors (Lipinski definition) is 8. The molecular formula is C20H31N3O6. The van der Waals surface area contributed by atoms with Gasteiger partial charge in [-0.25, -0.2) is 14.6 Å². The molecule has 0 atom stereocenters. The molecule has 9 nitrogen and oxygen atoms in total. The minimum Gasteiger partial charge on any atom is -0.488 e. The van der Waals surface area contributed by atoms with Crippen LogP contribution in [0.25, 0.3) is 0 Å². The number of aromatic nitrogens is 1. The molecular weight excluding hydrogens is 378 g/mol. The van der Waals surface area contributed by atoms with Crippen molar-refractivity contribution < 1.29 is 28.6 Å². The minimum atomic E-state index is -1.04. The van der Waals surface area contributed by atoms with Crippen molar-refractivity contribution in [1.82, 2.24) is 10.3 Å². The topological polar surface area (TPSA) is 130 Å². The van der Waals surface area contributed by atoms with E-state index in [4.69, 9.17) is 19.9 Å². The first kappa shape index (κ1) is 24.4. The highest BCUT2D eigenvalue weighted by Crippen LogP contribution is 2.27. The van der Waals surface area contributed by atoms with Gasteiger partial charge >= 0.3 is 12.1 Å². The molecule has 0 unspecified atom stereocenters. The second-order valence-corrected chi connectivity index (χ2v) is 6.98. The summed E-state index contributed by atoms with van der Waals surface area (Å²) in [7, 11) is 0. The summed E-state index contributed by atoms with van der Waals surface area (Å²) in [5.74, 6) is -1.09. The Balaban J connectivity index is 3.00. The van der Waals surface area contributed by atoms with E-state index in [-0.39, 0.29) is 35.8 Å². The maximum absolute atomic E-state index is 12.5. The molecule has 0 saturated carbocycles. The molecule has 29 heavy (non-hydrogen) atoms. The third-order valence-corrected chi connectivity index (χ3v) is 3.74. The monoisotopic (exact) mass is 409 g/mol. The highest BCUT2D eigenvalue weighted by Gasteiger charge is 2.20. The van der Waals surface area contributed by atoms with Crippen LogP contribution in [-0.4, -0.2) is 42.2 Å². The summed E-state index contributed by atoms with van der Waals surface area (Å²) in [6.45, 7) is 7.90. The highest BCUT2D eigenvalue weighted by molar-refractivity contribution is 5.93.